The van der Waals surface area contributed by atoms with Gasteiger partial charge in [-0.25, -0.2) is 9.82 Å². The molecule has 3 atom stereocenters. The number of aromatic nitrogens is 3. The van der Waals surface area contributed by atoms with Crippen molar-refractivity contribution in [3.8, 4) is 17.2 Å². The van der Waals surface area contributed by atoms with E-state index in [1.54, 1.807) is 27.4 Å². The lowest BCUT2D eigenvalue weighted by Crippen LogP contribution is -2.28. The molecule has 4 rings (SSSR count). The second-order valence-electron chi connectivity index (χ2n) is 8.06. The number of hydrogen-bond acceptors (Lipinski definition) is 10. The minimum absolute atomic E-state index is 0.235. The summed E-state index contributed by atoms with van der Waals surface area (Å²) in [6.07, 6.45) is 4.96. The molecule has 3 aromatic rings. The van der Waals surface area contributed by atoms with E-state index >= 15 is 0 Å². The molecule has 2 heterocycles. The summed E-state index contributed by atoms with van der Waals surface area (Å²) in [7, 11) is 5.27. The van der Waals surface area contributed by atoms with Crippen LogP contribution < -0.4 is 19.6 Å². The molecule has 1 aliphatic heterocycles. The van der Waals surface area contributed by atoms with Crippen LogP contribution in [0.3, 0.4) is 0 Å². The van der Waals surface area contributed by atoms with Gasteiger partial charge in [-0.05, 0) is 47.9 Å². The highest BCUT2D eigenvalue weighted by atomic mass is 32.2. The Bertz CT molecular complexity index is 1280. The van der Waals surface area contributed by atoms with E-state index in [1.807, 2.05) is 47.1 Å². The largest absolute Gasteiger partial charge is 0.494 e. The van der Waals surface area contributed by atoms with Crippen LogP contribution in [0.25, 0.3) is 5.69 Å². The van der Waals surface area contributed by atoms with Crippen LogP contribution in [0.4, 0.5) is 10.3 Å². The van der Waals surface area contributed by atoms with E-state index in [9.17, 15) is 8.60 Å². The summed E-state index contributed by atoms with van der Waals surface area (Å²) in [5.74, 6) is 2.21. The van der Waals surface area contributed by atoms with E-state index in [0.29, 0.717) is 45.2 Å². The third-order valence-electron chi connectivity index (χ3n) is 5.75. The lowest BCUT2D eigenvalue weighted by Gasteiger charge is -2.21. The van der Waals surface area contributed by atoms with Crippen LogP contribution in [-0.2, 0) is 15.5 Å². The van der Waals surface area contributed by atoms with Crippen LogP contribution >= 0.6 is 11.9 Å². The zero-order chi connectivity index (χ0) is 26.5. The van der Waals surface area contributed by atoms with Gasteiger partial charge in [0.1, 0.15) is 29.0 Å². The van der Waals surface area contributed by atoms with Gasteiger partial charge < -0.3 is 19.2 Å². The third kappa shape index (κ3) is 5.74. The first kappa shape index (κ1) is 26.9. The van der Waals surface area contributed by atoms with Gasteiger partial charge in [-0.15, -0.1) is 10.2 Å². The van der Waals surface area contributed by atoms with Gasteiger partial charge in [0, 0.05) is 37.3 Å². The zero-order valence-electron chi connectivity index (χ0n) is 21.1. The van der Waals surface area contributed by atoms with Gasteiger partial charge >= 0.3 is 0 Å². The molecule has 0 amide bonds. The highest BCUT2D eigenvalue weighted by Crippen LogP contribution is 2.37. The monoisotopic (exact) mass is 548 g/mol. The Kier molecular flexibility index (Phi) is 8.69. The molecule has 0 radical (unpaired) electrons. The minimum Gasteiger partial charge on any atom is -0.494 e. The summed E-state index contributed by atoms with van der Waals surface area (Å²) >= 11 is 1.33. The van der Waals surface area contributed by atoms with Crippen molar-refractivity contribution in [2.75, 3.05) is 45.1 Å². The van der Waals surface area contributed by atoms with E-state index < -0.39 is 22.7 Å². The Labute approximate surface area is 221 Å². The molecule has 2 N–H and O–H groups in total. The highest BCUT2D eigenvalue weighted by Gasteiger charge is 2.28. The Morgan fingerprint density at radius 1 is 1.19 bits per heavy atom. The van der Waals surface area contributed by atoms with Crippen molar-refractivity contribution in [2.24, 2.45) is 0 Å². The van der Waals surface area contributed by atoms with Crippen molar-refractivity contribution in [3.05, 3.63) is 65.9 Å². The molecular weight excluding hydrogens is 519 g/mol. The predicted octanol–water partition coefficient (Wildman–Crippen LogP) is 3.61. The van der Waals surface area contributed by atoms with Gasteiger partial charge in [0.2, 0.25) is 5.95 Å². The predicted molar refractivity (Wildman–Crippen MR) is 142 cm³/mol. The summed E-state index contributed by atoms with van der Waals surface area (Å²) in [6, 6.07) is 9.51. The van der Waals surface area contributed by atoms with Crippen molar-refractivity contribution >= 4 is 28.7 Å². The highest BCUT2D eigenvalue weighted by molar-refractivity contribution is 8.00. The zero-order valence-corrected chi connectivity index (χ0v) is 22.7. The van der Waals surface area contributed by atoms with Gasteiger partial charge in [-0.3, -0.25) is 13.5 Å². The van der Waals surface area contributed by atoms with Crippen molar-refractivity contribution < 1.29 is 22.8 Å². The van der Waals surface area contributed by atoms with Crippen LogP contribution in [0.1, 0.15) is 23.5 Å². The molecule has 0 aliphatic carbocycles. The standard InChI is InChI=1S/C24H29FN6O4S2/c1-30-12-11-17(28-30)23-26-27-24(31(23)22-18(33-2)7-6-8-19(22)34-3)29-36-14-20(35-4)16-10-9-15(25)13-21(16)37(5)32/h6-13,17,20,28H,14H2,1-5H3,(H,27,29)/t17?,20-,37?/m0/s1. The molecule has 0 fully saturated rings. The Hall–Kier alpha value is -3.13. The van der Waals surface area contributed by atoms with Crippen LogP contribution in [0.2, 0.25) is 0 Å². The molecule has 0 saturated heterocycles. The molecule has 13 heteroatoms. The molecule has 0 bridgehead atoms. The van der Waals surface area contributed by atoms with E-state index in [4.69, 9.17) is 14.2 Å². The second-order valence-corrected chi connectivity index (χ2v) is 10.2. The normalized spacial score (nSPS) is 16.6. The number of benzene rings is 2. The molecule has 198 valence electrons. The summed E-state index contributed by atoms with van der Waals surface area (Å²) in [5.41, 5.74) is 4.61. The fourth-order valence-electron chi connectivity index (χ4n) is 3.99. The van der Waals surface area contributed by atoms with Crippen molar-refractivity contribution in [3.63, 3.8) is 0 Å². The molecule has 0 saturated carbocycles. The first-order chi connectivity index (χ1) is 17.9. The number of nitrogens with one attached hydrogen (secondary N) is 2. The van der Waals surface area contributed by atoms with Gasteiger partial charge in [0.05, 0.1) is 31.1 Å². The smallest absolute Gasteiger partial charge is 0.239 e. The molecule has 2 unspecified atom stereocenters. The SMILES string of the molecule is COc1cccc(OC)c1-n1c(NSC[C@H](OC)c2ccc(F)cc2S(C)=O)nnc1C1C=CN(C)N1. The summed E-state index contributed by atoms with van der Waals surface area (Å²) in [5, 5.41) is 10.7. The molecule has 1 aliphatic rings. The number of para-hydroxylation sites is 1. The molecule has 37 heavy (non-hydrogen) atoms. The van der Waals surface area contributed by atoms with Crippen molar-refractivity contribution in [1.82, 2.24) is 25.2 Å². The second kappa shape index (κ2) is 11.9. The number of rotatable bonds is 11. The van der Waals surface area contributed by atoms with Crippen molar-refractivity contribution in [2.45, 2.75) is 17.0 Å². The fourth-order valence-corrected chi connectivity index (χ4v) is 5.61. The third-order valence-corrected chi connectivity index (χ3v) is 7.52. The quantitative estimate of drug-likeness (QED) is 0.346. The van der Waals surface area contributed by atoms with E-state index in [-0.39, 0.29) is 6.04 Å². The summed E-state index contributed by atoms with van der Waals surface area (Å²) < 4.78 is 48.1. The lowest BCUT2D eigenvalue weighted by molar-refractivity contribution is 0.121. The minimum atomic E-state index is -1.37. The fraction of sp³-hybridized carbons (Fsp3) is 0.333. The number of hydrogen-bond donors (Lipinski definition) is 2. The van der Waals surface area contributed by atoms with Gasteiger partial charge in [0.25, 0.3) is 0 Å². The molecule has 0 spiro atoms. The number of hydrazine groups is 1. The molecule has 2 aromatic carbocycles. The number of anilines is 1. The van der Waals surface area contributed by atoms with Crippen molar-refractivity contribution in [1.29, 1.82) is 0 Å². The first-order valence-corrected chi connectivity index (χ1v) is 13.8. The Morgan fingerprint density at radius 2 is 1.92 bits per heavy atom. The van der Waals surface area contributed by atoms with Gasteiger partial charge in [0.15, 0.2) is 5.82 Å². The van der Waals surface area contributed by atoms with E-state index in [2.05, 4.69) is 20.3 Å². The average Bonchev–Trinajstić information content (AvgIpc) is 3.52. The van der Waals surface area contributed by atoms with Crippen LogP contribution in [0.5, 0.6) is 11.5 Å². The van der Waals surface area contributed by atoms with E-state index in [1.165, 1.54) is 30.3 Å². The molecule has 1 aromatic heterocycles. The topological polar surface area (TPSA) is 103 Å². The van der Waals surface area contributed by atoms with Crippen LogP contribution in [-0.4, -0.2) is 64.4 Å². The Morgan fingerprint density at radius 3 is 2.51 bits per heavy atom. The number of methoxy groups -OCH3 is 3. The number of nitrogens with zero attached hydrogens (tertiary/aromatic N) is 4. The van der Waals surface area contributed by atoms with Gasteiger partial charge in [-0.1, -0.05) is 12.1 Å². The van der Waals surface area contributed by atoms with Gasteiger partial charge in [-0.2, -0.15) is 0 Å². The van der Waals surface area contributed by atoms with Crippen LogP contribution in [0, 0.1) is 5.82 Å². The summed E-state index contributed by atoms with van der Waals surface area (Å²) in [4.78, 5) is 0.403. The first-order valence-electron chi connectivity index (χ1n) is 11.2. The molecular formula is C24H29FN6O4S2. The number of halogens is 1. The molecule has 10 nitrogen and oxygen atoms in total. The lowest BCUT2D eigenvalue weighted by atomic mass is 10.1. The maximum atomic E-state index is 13.8. The maximum absolute atomic E-state index is 13.8. The number of ether oxygens (including phenoxy) is 3. The maximum Gasteiger partial charge on any atom is 0.239 e. The van der Waals surface area contributed by atoms with E-state index in [0.717, 1.165) is 0 Å². The Balaban J connectivity index is 1.65. The average molecular weight is 549 g/mol. The summed E-state index contributed by atoms with van der Waals surface area (Å²) in [6.45, 7) is 0. The van der Waals surface area contributed by atoms with Crippen LogP contribution in [0.15, 0.2) is 53.6 Å².